The zero-order valence-corrected chi connectivity index (χ0v) is 14.3. The summed E-state index contributed by atoms with van der Waals surface area (Å²) in [5.74, 6) is -0.00204. The van der Waals surface area contributed by atoms with Gasteiger partial charge in [0.2, 0.25) is 11.9 Å². The van der Waals surface area contributed by atoms with Crippen LogP contribution in [0.5, 0.6) is 0 Å². The van der Waals surface area contributed by atoms with Crippen LogP contribution in [0.2, 0.25) is 5.02 Å². The van der Waals surface area contributed by atoms with E-state index in [1.54, 1.807) is 18.5 Å². The van der Waals surface area contributed by atoms with Gasteiger partial charge in [-0.2, -0.15) is 0 Å². The van der Waals surface area contributed by atoms with E-state index in [-0.39, 0.29) is 17.4 Å². The molecular weight excluding hydrogens is 347 g/mol. The summed E-state index contributed by atoms with van der Waals surface area (Å²) in [4.78, 5) is 22.6. The highest BCUT2D eigenvalue weighted by Crippen LogP contribution is 2.17. The van der Waals surface area contributed by atoms with Crippen molar-refractivity contribution >= 4 is 29.1 Å². The lowest BCUT2D eigenvalue weighted by Gasteiger charge is -2.26. The van der Waals surface area contributed by atoms with Crippen LogP contribution in [0.3, 0.4) is 0 Å². The second kappa shape index (κ2) is 8.22. The number of aromatic nitrogens is 2. The quantitative estimate of drug-likeness (QED) is 0.883. The van der Waals surface area contributed by atoms with Gasteiger partial charge in [-0.15, -0.1) is 0 Å². The van der Waals surface area contributed by atoms with Gasteiger partial charge in [-0.25, -0.2) is 14.4 Å². The van der Waals surface area contributed by atoms with Crippen LogP contribution in [0.15, 0.2) is 30.6 Å². The largest absolute Gasteiger partial charge is 0.378 e. The second-order valence-corrected chi connectivity index (χ2v) is 6.07. The van der Waals surface area contributed by atoms with Crippen molar-refractivity contribution in [2.24, 2.45) is 0 Å². The number of hydrogen-bond acceptors (Lipinski definition) is 5. The monoisotopic (exact) mass is 364 g/mol. The minimum absolute atomic E-state index is 0.0602. The SMILES string of the molecule is O=C(CCc1ccc(F)c(Cl)c1)Nc1cnc(N2CCOCC2)nc1. The molecule has 25 heavy (non-hydrogen) atoms. The summed E-state index contributed by atoms with van der Waals surface area (Å²) in [6.45, 7) is 2.84. The number of anilines is 2. The molecule has 1 fully saturated rings. The summed E-state index contributed by atoms with van der Waals surface area (Å²) < 4.78 is 18.4. The molecule has 2 aromatic rings. The molecule has 1 N–H and O–H groups in total. The predicted molar refractivity (Wildman–Crippen MR) is 93.4 cm³/mol. The number of carbonyl (C=O) groups is 1. The van der Waals surface area contributed by atoms with Crippen LogP contribution >= 0.6 is 11.6 Å². The maximum absolute atomic E-state index is 13.1. The van der Waals surface area contributed by atoms with Crippen molar-refractivity contribution in [1.29, 1.82) is 0 Å². The van der Waals surface area contributed by atoms with E-state index >= 15 is 0 Å². The average molecular weight is 365 g/mol. The molecule has 1 aliphatic heterocycles. The Morgan fingerprint density at radius 3 is 2.68 bits per heavy atom. The number of hydrogen-bond donors (Lipinski definition) is 1. The Labute approximate surface area is 150 Å². The molecule has 6 nitrogen and oxygen atoms in total. The third kappa shape index (κ3) is 4.87. The van der Waals surface area contributed by atoms with Crippen molar-refractivity contribution in [1.82, 2.24) is 9.97 Å². The first-order valence-electron chi connectivity index (χ1n) is 8.00. The minimum atomic E-state index is -0.465. The zero-order valence-electron chi connectivity index (χ0n) is 13.5. The first-order chi connectivity index (χ1) is 12.1. The van der Waals surface area contributed by atoms with Gasteiger partial charge in [-0.05, 0) is 24.1 Å². The highest BCUT2D eigenvalue weighted by Gasteiger charge is 2.13. The van der Waals surface area contributed by atoms with Gasteiger partial charge in [0.1, 0.15) is 5.82 Å². The predicted octanol–water partition coefficient (Wildman–Crippen LogP) is 2.68. The van der Waals surface area contributed by atoms with Gasteiger partial charge in [0.15, 0.2) is 0 Å². The van der Waals surface area contributed by atoms with E-state index in [9.17, 15) is 9.18 Å². The lowest BCUT2D eigenvalue weighted by atomic mass is 10.1. The zero-order chi connectivity index (χ0) is 17.6. The van der Waals surface area contributed by atoms with E-state index in [0.717, 1.165) is 18.7 Å². The average Bonchev–Trinajstić information content (AvgIpc) is 2.64. The van der Waals surface area contributed by atoms with Crippen molar-refractivity contribution in [3.63, 3.8) is 0 Å². The number of nitrogens with zero attached hydrogens (tertiary/aromatic N) is 3. The molecular formula is C17H18ClFN4O2. The molecule has 0 saturated carbocycles. The summed E-state index contributed by atoms with van der Waals surface area (Å²) in [6.07, 6.45) is 3.90. The van der Waals surface area contributed by atoms with Crippen LogP contribution in [0.4, 0.5) is 16.0 Å². The molecule has 0 aliphatic carbocycles. The summed E-state index contributed by atoms with van der Waals surface area (Å²) in [7, 11) is 0. The minimum Gasteiger partial charge on any atom is -0.378 e. The summed E-state index contributed by atoms with van der Waals surface area (Å²) in [6, 6.07) is 4.45. The molecule has 0 bridgehead atoms. The highest BCUT2D eigenvalue weighted by molar-refractivity contribution is 6.30. The van der Waals surface area contributed by atoms with E-state index in [0.29, 0.717) is 31.3 Å². The molecule has 132 valence electrons. The van der Waals surface area contributed by atoms with Gasteiger partial charge >= 0.3 is 0 Å². The summed E-state index contributed by atoms with van der Waals surface area (Å²) >= 11 is 5.73. The number of ether oxygens (including phenoxy) is 1. The number of nitrogens with one attached hydrogen (secondary N) is 1. The Bertz CT molecular complexity index is 736. The molecule has 1 amide bonds. The fraction of sp³-hybridized carbons (Fsp3) is 0.353. The standard InChI is InChI=1S/C17H18ClFN4O2/c18-14-9-12(1-3-15(14)19)2-4-16(24)22-13-10-20-17(21-11-13)23-5-7-25-8-6-23/h1,3,9-11H,2,4-8H2,(H,22,24). The molecule has 3 rings (SSSR count). The van der Waals surface area contributed by atoms with E-state index in [2.05, 4.69) is 15.3 Å². The van der Waals surface area contributed by atoms with Gasteiger partial charge in [0.25, 0.3) is 0 Å². The Morgan fingerprint density at radius 2 is 2.00 bits per heavy atom. The van der Waals surface area contributed by atoms with Gasteiger partial charge in [-0.1, -0.05) is 17.7 Å². The molecule has 0 spiro atoms. The smallest absolute Gasteiger partial charge is 0.225 e. The first-order valence-corrected chi connectivity index (χ1v) is 8.38. The number of aryl methyl sites for hydroxylation is 1. The van der Waals surface area contributed by atoms with Gasteiger partial charge in [0.05, 0.1) is 36.3 Å². The first kappa shape index (κ1) is 17.6. The summed E-state index contributed by atoms with van der Waals surface area (Å²) in [5, 5.41) is 2.81. The topological polar surface area (TPSA) is 67.4 Å². The van der Waals surface area contributed by atoms with Gasteiger partial charge < -0.3 is 15.0 Å². The lowest BCUT2D eigenvalue weighted by Crippen LogP contribution is -2.37. The van der Waals surface area contributed by atoms with Gasteiger partial charge in [0, 0.05) is 19.5 Å². The van der Waals surface area contributed by atoms with Crippen LogP contribution in [-0.4, -0.2) is 42.2 Å². The Morgan fingerprint density at radius 1 is 1.28 bits per heavy atom. The third-order valence-corrected chi connectivity index (χ3v) is 4.13. The summed E-state index contributed by atoms with van der Waals surface area (Å²) in [5.41, 5.74) is 1.35. The molecule has 1 aromatic heterocycles. The Kier molecular flexibility index (Phi) is 5.78. The third-order valence-electron chi connectivity index (χ3n) is 3.84. The molecule has 1 aromatic carbocycles. The number of halogens is 2. The molecule has 8 heteroatoms. The fourth-order valence-electron chi connectivity index (χ4n) is 2.49. The van der Waals surface area contributed by atoms with Crippen molar-refractivity contribution < 1.29 is 13.9 Å². The molecule has 1 aliphatic rings. The second-order valence-electron chi connectivity index (χ2n) is 5.67. The van der Waals surface area contributed by atoms with Crippen molar-refractivity contribution in [3.05, 3.63) is 47.0 Å². The Balaban J connectivity index is 1.51. The fourth-order valence-corrected chi connectivity index (χ4v) is 2.69. The number of benzene rings is 1. The molecule has 0 unspecified atom stereocenters. The van der Waals surface area contributed by atoms with Crippen molar-refractivity contribution in [2.75, 3.05) is 36.5 Å². The van der Waals surface area contributed by atoms with E-state index < -0.39 is 5.82 Å². The number of rotatable bonds is 5. The lowest BCUT2D eigenvalue weighted by molar-refractivity contribution is -0.116. The van der Waals surface area contributed by atoms with Crippen molar-refractivity contribution in [3.8, 4) is 0 Å². The number of amides is 1. The van der Waals surface area contributed by atoms with E-state index in [1.165, 1.54) is 12.1 Å². The van der Waals surface area contributed by atoms with Crippen LogP contribution in [0.1, 0.15) is 12.0 Å². The van der Waals surface area contributed by atoms with Crippen LogP contribution in [-0.2, 0) is 16.0 Å². The van der Waals surface area contributed by atoms with Gasteiger partial charge in [-0.3, -0.25) is 4.79 Å². The van der Waals surface area contributed by atoms with E-state index in [4.69, 9.17) is 16.3 Å². The maximum atomic E-state index is 13.1. The highest BCUT2D eigenvalue weighted by atomic mass is 35.5. The molecule has 2 heterocycles. The normalized spacial score (nSPS) is 14.4. The van der Waals surface area contributed by atoms with Crippen LogP contribution in [0.25, 0.3) is 0 Å². The molecule has 1 saturated heterocycles. The molecule has 0 atom stereocenters. The van der Waals surface area contributed by atoms with Crippen LogP contribution in [0, 0.1) is 5.82 Å². The van der Waals surface area contributed by atoms with E-state index in [1.807, 2.05) is 4.90 Å². The molecule has 0 radical (unpaired) electrons. The number of carbonyl (C=O) groups excluding carboxylic acids is 1. The van der Waals surface area contributed by atoms with Crippen LogP contribution < -0.4 is 10.2 Å². The Hall–Kier alpha value is -2.25. The van der Waals surface area contributed by atoms with Crippen molar-refractivity contribution in [2.45, 2.75) is 12.8 Å². The number of morpholine rings is 1. The maximum Gasteiger partial charge on any atom is 0.225 e.